The molecule has 3 aromatic rings. The Kier molecular flexibility index (Phi) is 7.29. The van der Waals surface area contributed by atoms with E-state index in [-0.39, 0.29) is 12.2 Å². The molecule has 0 saturated heterocycles. The molecule has 0 aliphatic carbocycles. The molecular formula is C21H18ClF4N3O2. The maximum Gasteiger partial charge on any atom is 0.330 e. The summed E-state index contributed by atoms with van der Waals surface area (Å²) in [5, 5.41) is 7.49. The molecule has 164 valence electrons. The van der Waals surface area contributed by atoms with E-state index in [1.165, 1.54) is 18.3 Å². The van der Waals surface area contributed by atoms with Crippen LogP contribution in [0.4, 0.5) is 23.2 Å². The van der Waals surface area contributed by atoms with Gasteiger partial charge in [0.25, 0.3) is 5.91 Å². The fourth-order valence-corrected chi connectivity index (χ4v) is 2.92. The topological polar surface area (TPSA) is 56.2 Å². The first-order valence-corrected chi connectivity index (χ1v) is 9.51. The van der Waals surface area contributed by atoms with Crippen LogP contribution in [0.25, 0.3) is 0 Å². The highest BCUT2D eigenvalue weighted by atomic mass is 35.5. The molecule has 2 aromatic carbocycles. The number of hydrogen-bond acceptors (Lipinski definition) is 3. The van der Waals surface area contributed by atoms with Crippen LogP contribution in [-0.2, 0) is 17.9 Å². The SMILES string of the molecule is O=C(Nc1cnn(Cc2cccc(Cl)c2)c1)c1cccc(COCC(F)(F)C(F)F)c1. The van der Waals surface area contributed by atoms with E-state index in [4.69, 9.17) is 11.6 Å². The quantitative estimate of drug-likeness (QED) is 0.448. The molecule has 0 atom stereocenters. The van der Waals surface area contributed by atoms with Gasteiger partial charge in [-0.15, -0.1) is 0 Å². The van der Waals surface area contributed by atoms with Gasteiger partial charge < -0.3 is 10.1 Å². The molecule has 1 amide bonds. The second kappa shape index (κ2) is 9.93. The Morgan fingerprint density at radius 2 is 1.90 bits per heavy atom. The molecule has 1 heterocycles. The van der Waals surface area contributed by atoms with Gasteiger partial charge in [-0.05, 0) is 35.4 Å². The number of carbonyl (C=O) groups excluding carboxylic acids is 1. The number of aromatic nitrogens is 2. The van der Waals surface area contributed by atoms with E-state index in [0.717, 1.165) is 5.56 Å². The Labute approximate surface area is 180 Å². The molecule has 0 spiro atoms. The van der Waals surface area contributed by atoms with E-state index in [0.29, 0.717) is 22.8 Å². The van der Waals surface area contributed by atoms with Crippen molar-refractivity contribution >= 4 is 23.2 Å². The number of nitrogens with one attached hydrogen (secondary N) is 1. The summed E-state index contributed by atoms with van der Waals surface area (Å²) in [6, 6.07) is 13.4. The number of rotatable bonds is 9. The Bertz CT molecular complexity index is 1040. The molecule has 0 saturated carbocycles. The van der Waals surface area contributed by atoms with Crippen LogP contribution in [0.1, 0.15) is 21.5 Å². The summed E-state index contributed by atoms with van der Waals surface area (Å²) in [5.41, 5.74) is 2.06. The first-order valence-electron chi connectivity index (χ1n) is 9.14. The van der Waals surface area contributed by atoms with Crippen molar-refractivity contribution in [2.24, 2.45) is 0 Å². The Hall–Kier alpha value is -2.91. The summed E-state index contributed by atoms with van der Waals surface area (Å²) < 4.78 is 56.4. The first kappa shape index (κ1) is 22.8. The zero-order valence-electron chi connectivity index (χ0n) is 16.1. The van der Waals surface area contributed by atoms with Crippen molar-refractivity contribution in [1.82, 2.24) is 9.78 Å². The summed E-state index contributed by atoms with van der Waals surface area (Å²) in [5.74, 6) is -4.66. The minimum absolute atomic E-state index is 0.254. The molecular weight excluding hydrogens is 438 g/mol. The number of amides is 1. The van der Waals surface area contributed by atoms with Crippen LogP contribution in [0.15, 0.2) is 60.9 Å². The van der Waals surface area contributed by atoms with Gasteiger partial charge in [-0.25, -0.2) is 8.78 Å². The standard InChI is InChI=1S/C21H18ClF4N3O2/c22-17-6-2-3-14(8-17)10-29-11-18(9-27-29)28-19(30)16-5-1-4-15(7-16)12-31-13-21(25,26)20(23)24/h1-9,11,20H,10,12-13H2,(H,28,30). The molecule has 0 fully saturated rings. The van der Waals surface area contributed by atoms with E-state index in [1.54, 1.807) is 29.1 Å². The fraction of sp³-hybridized carbons (Fsp3) is 0.238. The van der Waals surface area contributed by atoms with Gasteiger partial charge in [0.15, 0.2) is 0 Å². The van der Waals surface area contributed by atoms with E-state index in [1.807, 2.05) is 18.2 Å². The Balaban J connectivity index is 1.57. The van der Waals surface area contributed by atoms with E-state index >= 15 is 0 Å². The maximum atomic E-state index is 12.9. The first-order chi connectivity index (χ1) is 14.7. The minimum atomic E-state index is -4.22. The summed E-state index contributed by atoms with van der Waals surface area (Å²) in [4.78, 5) is 12.5. The van der Waals surface area contributed by atoms with Crippen LogP contribution in [0.3, 0.4) is 0 Å². The highest BCUT2D eigenvalue weighted by Crippen LogP contribution is 2.23. The highest BCUT2D eigenvalue weighted by molar-refractivity contribution is 6.30. The molecule has 1 aromatic heterocycles. The third kappa shape index (κ3) is 6.53. The molecule has 0 aliphatic heterocycles. The second-order valence-electron chi connectivity index (χ2n) is 6.77. The van der Waals surface area contributed by atoms with Gasteiger partial charge in [0.1, 0.15) is 6.61 Å². The smallest absolute Gasteiger partial charge is 0.330 e. The highest BCUT2D eigenvalue weighted by Gasteiger charge is 2.40. The van der Waals surface area contributed by atoms with E-state index < -0.39 is 24.9 Å². The zero-order chi connectivity index (χ0) is 22.4. The number of hydrogen-bond donors (Lipinski definition) is 1. The normalized spacial score (nSPS) is 11.7. The van der Waals surface area contributed by atoms with Gasteiger partial charge in [0.05, 0.1) is 25.0 Å². The molecule has 3 rings (SSSR count). The van der Waals surface area contributed by atoms with Crippen LogP contribution in [0, 0.1) is 0 Å². The summed E-state index contributed by atoms with van der Waals surface area (Å²) >= 11 is 5.97. The van der Waals surface area contributed by atoms with Gasteiger partial charge in [-0.3, -0.25) is 9.48 Å². The number of nitrogens with zero attached hydrogens (tertiary/aromatic N) is 2. The van der Waals surface area contributed by atoms with Crippen molar-refractivity contribution in [1.29, 1.82) is 0 Å². The number of anilines is 1. The number of halogens is 5. The van der Waals surface area contributed by atoms with Crippen LogP contribution < -0.4 is 5.32 Å². The molecule has 10 heteroatoms. The molecule has 31 heavy (non-hydrogen) atoms. The van der Waals surface area contributed by atoms with Gasteiger partial charge in [0.2, 0.25) is 0 Å². The lowest BCUT2D eigenvalue weighted by Crippen LogP contribution is -2.32. The van der Waals surface area contributed by atoms with Crippen LogP contribution in [0.2, 0.25) is 5.02 Å². The molecule has 1 N–H and O–H groups in total. The van der Waals surface area contributed by atoms with E-state index in [2.05, 4.69) is 15.2 Å². The summed E-state index contributed by atoms with van der Waals surface area (Å²) in [7, 11) is 0. The fourth-order valence-electron chi connectivity index (χ4n) is 2.71. The molecule has 0 aliphatic rings. The van der Waals surface area contributed by atoms with Crippen molar-refractivity contribution < 1.29 is 27.1 Å². The Morgan fingerprint density at radius 1 is 1.16 bits per heavy atom. The van der Waals surface area contributed by atoms with Gasteiger partial charge in [-0.2, -0.15) is 13.9 Å². The third-order valence-electron chi connectivity index (χ3n) is 4.20. The summed E-state index contributed by atoms with van der Waals surface area (Å²) in [6.45, 7) is -1.28. The average molecular weight is 456 g/mol. The minimum Gasteiger partial charge on any atom is -0.370 e. The lowest BCUT2D eigenvalue weighted by atomic mass is 10.1. The molecule has 0 bridgehead atoms. The van der Waals surface area contributed by atoms with Crippen LogP contribution >= 0.6 is 11.6 Å². The van der Waals surface area contributed by atoms with E-state index in [9.17, 15) is 22.4 Å². The van der Waals surface area contributed by atoms with Crippen molar-refractivity contribution in [3.8, 4) is 0 Å². The van der Waals surface area contributed by atoms with Gasteiger partial charge in [-0.1, -0.05) is 35.9 Å². The second-order valence-corrected chi connectivity index (χ2v) is 7.20. The zero-order valence-corrected chi connectivity index (χ0v) is 16.8. The monoisotopic (exact) mass is 455 g/mol. The lowest BCUT2D eigenvalue weighted by Gasteiger charge is -2.15. The number of ether oxygens (including phenoxy) is 1. The van der Waals surface area contributed by atoms with Crippen molar-refractivity contribution in [3.05, 3.63) is 82.6 Å². The molecule has 0 unspecified atom stereocenters. The molecule has 0 radical (unpaired) electrons. The number of carbonyl (C=O) groups is 1. The summed E-state index contributed by atoms with van der Waals surface area (Å²) in [6.07, 6.45) is -0.663. The number of alkyl halides is 4. The van der Waals surface area contributed by atoms with Crippen molar-refractivity contribution in [2.75, 3.05) is 11.9 Å². The van der Waals surface area contributed by atoms with Gasteiger partial charge in [0, 0.05) is 16.8 Å². The van der Waals surface area contributed by atoms with Crippen molar-refractivity contribution in [3.63, 3.8) is 0 Å². The largest absolute Gasteiger partial charge is 0.370 e. The predicted molar refractivity (Wildman–Crippen MR) is 108 cm³/mol. The van der Waals surface area contributed by atoms with Crippen LogP contribution in [0.5, 0.6) is 0 Å². The Morgan fingerprint density at radius 3 is 2.65 bits per heavy atom. The number of benzene rings is 2. The van der Waals surface area contributed by atoms with Crippen LogP contribution in [-0.4, -0.2) is 34.6 Å². The predicted octanol–water partition coefficient (Wildman–Crippen LogP) is 5.25. The lowest BCUT2D eigenvalue weighted by molar-refractivity contribution is -0.168. The van der Waals surface area contributed by atoms with Gasteiger partial charge >= 0.3 is 12.3 Å². The average Bonchev–Trinajstić information content (AvgIpc) is 3.14. The third-order valence-corrected chi connectivity index (χ3v) is 4.43. The maximum absolute atomic E-state index is 12.9. The molecule has 5 nitrogen and oxygen atoms in total. The van der Waals surface area contributed by atoms with Crippen molar-refractivity contribution in [2.45, 2.75) is 25.5 Å².